The molecule has 1 fully saturated rings. The summed E-state index contributed by atoms with van der Waals surface area (Å²) in [5, 5.41) is 18.7. The van der Waals surface area contributed by atoms with Gasteiger partial charge in [-0.3, -0.25) is 4.57 Å². The maximum Gasteiger partial charge on any atom is 0.351 e. The van der Waals surface area contributed by atoms with Gasteiger partial charge in [0.15, 0.2) is 6.23 Å². The Morgan fingerprint density at radius 1 is 1.65 bits per heavy atom. The molecule has 0 aromatic carbocycles. The van der Waals surface area contributed by atoms with Crippen LogP contribution >= 0.6 is 0 Å². The van der Waals surface area contributed by atoms with Crippen LogP contribution in [0.2, 0.25) is 0 Å². The van der Waals surface area contributed by atoms with Gasteiger partial charge in [0.25, 0.3) is 0 Å². The highest BCUT2D eigenvalue weighted by Crippen LogP contribution is 2.31. The van der Waals surface area contributed by atoms with Crippen LogP contribution in [0, 0.1) is 0 Å². The molecule has 0 saturated carbocycles. The van der Waals surface area contributed by atoms with Crippen molar-refractivity contribution in [3.8, 4) is 0 Å². The molecule has 4 N–H and O–H groups in total. The van der Waals surface area contributed by atoms with Gasteiger partial charge in [0.05, 0.1) is 6.61 Å². The molecule has 2 heterocycles. The minimum Gasteiger partial charge on any atom is -0.394 e. The zero-order chi connectivity index (χ0) is 12.6. The van der Waals surface area contributed by atoms with Crippen molar-refractivity contribution in [3.63, 3.8) is 0 Å². The zero-order valence-corrected chi connectivity index (χ0v) is 8.98. The standard InChI is InChI=1S/C10H13N3O4/c1-5-8(15)6(4-14)17-9(5)13-3-2-7(11)12-10(13)16/h2-3,6,8-9,14-15H,1,4H2,(H2,11,12,16)/t6-,8+,9+/m1/s1. The quantitative estimate of drug-likeness (QED) is 0.549. The first-order valence-corrected chi connectivity index (χ1v) is 5.02. The van der Waals surface area contributed by atoms with Crippen molar-refractivity contribution < 1.29 is 14.9 Å². The van der Waals surface area contributed by atoms with Gasteiger partial charge in [0.1, 0.15) is 18.0 Å². The average Bonchev–Trinajstić information content (AvgIpc) is 2.57. The minimum atomic E-state index is -1.01. The largest absolute Gasteiger partial charge is 0.394 e. The van der Waals surface area contributed by atoms with Crippen LogP contribution in [-0.2, 0) is 4.74 Å². The molecule has 0 radical (unpaired) electrons. The minimum absolute atomic E-state index is 0.106. The van der Waals surface area contributed by atoms with Crippen molar-refractivity contribution in [1.29, 1.82) is 0 Å². The Hall–Kier alpha value is -1.70. The lowest BCUT2D eigenvalue weighted by atomic mass is 10.1. The van der Waals surface area contributed by atoms with Gasteiger partial charge in [0.2, 0.25) is 0 Å². The molecule has 0 spiro atoms. The van der Waals surface area contributed by atoms with E-state index in [2.05, 4.69) is 11.6 Å². The third-order valence-corrected chi connectivity index (χ3v) is 2.64. The molecular formula is C10H13N3O4. The molecule has 2 rings (SSSR count). The molecule has 0 unspecified atom stereocenters. The fourth-order valence-electron chi connectivity index (χ4n) is 1.70. The first-order chi connectivity index (χ1) is 8.04. The van der Waals surface area contributed by atoms with Crippen molar-refractivity contribution in [2.75, 3.05) is 12.3 Å². The number of hydrogen-bond donors (Lipinski definition) is 3. The number of nitrogens with two attached hydrogens (primary N) is 1. The number of ether oxygens (including phenoxy) is 1. The fourth-order valence-corrected chi connectivity index (χ4v) is 1.70. The number of rotatable bonds is 2. The van der Waals surface area contributed by atoms with Gasteiger partial charge in [-0.2, -0.15) is 4.98 Å². The van der Waals surface area contributed by atoms with Crippen molar-refractivity contribution in [2.45, 2.75) is 18.4 Å². The summed E-state index contributed by atoms with van der Waals surface area (Å²) in [5.41, 5.74) is 5.07. The van der Waals surface area contributed by atoms with E-state index >= 15 is 0 Å². The summed E-state index contributed by atoms with van der Waals surface area (Å²) in [6.07, 6.45) is -1.21. The Kier molecular flexibility index (Phi) is 2.97. The molecule has 7 heteroatoms. The van der Waals surface area contributed by atoms with E-state index in [1.54, 1.807) is 0 Å². The number of aliphatic hydroxyl groups excluding tert-OH is 2. The molecule has 92 valence electrons. The summed E-state index contributed by atoms with van der Waals surface area (Å²) >= 11 is 0. The maximum atomic E-state index is 11.6. The van der Waals surface area contributed by atoms with E-state index < -0.39 is 24.1 Å². The molecule has 7 nitrogen and oxygen atoms in total. The van der Waals surface area contributed by atoms with Crippen LogP contribution in [0.3, 0.4) is 0 Å². The first-order valence-electron chi connectivity index (χ1n) is 5.02. The Labute approximate surface area is 96.8 Å². The average molecular weight is 239 g/mol. The molecule has 0 bridgehead atoms. The van der Waals surface area contributed by atoms with E-state index in [0.717, 1.165) is 4.57 Å². The lowest BCUT2D eigenvalue weighted by Gasteiger charge is -2.14. The van der Waals surface area contributed by atoms with Crippen molar-refractivity contribution in [3.05, 3.63) is 34.9 Å². The second-order valence-electron chi connectivity index (χ2n) is 3.77. The second-order valence-corrected chi connectivity index (χ2v) is 3.77. The van der Waals surface area contributed by atoms with E-state index in [1.165, 1.54) is 12.3 Å². The van der Waals surface area contributed by atoms with E-state index in [4.69, 9.17) is 15.6 Å². The van der Waals surface area contributed by atoms with Gasteiger partial charge in [-0.1, -0.05) is 6.58 Å². The highest BCUT2D eigenvalue weighted by atomic mass is 16.5. The van der Waals surface area contributed by atoms with Crippen LogP contribution in [0.15, 0.2) is 29.2 Å². The van der Waals surface area contributed by atoms with Gasteiger partial charge < -0.3 is 20.7 Å². The monoisotopic (exact) mass is 239 g/mol. The van der Waals surface area contributed by atoms with Crippen LogP contribution in [-0.4, -0.2) is 38.6 Å². The van der Waals surface area contributed by atoms with Crippen LogP contribution in [0.5, 0.6) is 0 Å². The van der Waals surface area contributed by atoms with E-state index in [9.17, 15) is 9.90 Å². The summed E-state index contributed by atoms with van der Waals surface area (Å²) in [6, 6.07) is 1.44. The smallest absolute Gasteiger partial charge is 0.351 e. The topological polar surface area (TPSA) is 111 Å². The molecule has 17 heavy (non-hydrogen) atoms. The zero-order valence-electron chi connectivity index (χ0n) is 8.98. The van der Waals surface area contributed by atoms with E-state index in [0.29, 0.717) is 5.57 Å². The Morgan fingerprint density at radius 2 is 2.35 bits per heavy atom. The van der Waals surface area contributed by atoms with Crippen LogP contribution < -0.4 is 11.4 Å². The van der Waals surface area contributed by atoms with Crippen molar-refractivity contribution in [1.82, 2.24) is 9.55 Å². The van der Waals surface area contributed by atoms with Gasteiger partial charge in [-0.05, 0) is 6.07 Å². The predicted molar refractivity (Wildman–Crippen MR) is 59.1 cm³/mol. The summed E-state index contributed by atoms with van der Waals surface area (Å²) in [5.74, 6) is 0.106. The molecule has 1 aromatic rings. The van der Waals surface area contributed by atoms with Crippen molar-refractivity contribution in [2.24, 2.45) is 0 Å². The SMILES string of the molecule is C=C1[C@H](O)[C@@H](CO)O[C@@H]1n1ccc(N)nc1=O. The second kappa shape index (κ2) is 4.28. The summed E-state index contributed by atoms with van der Waals surface area (Å²) in [4.78, 5) is 15.1. The van der Waals surface area contributed by atoms with E-state index in [-0.39, 0.29) is 12.4 Å². The van der Waals surface area contributed by atoms with Gasteiger partial charge in [-0.15, -0.1) is 0 Å². The summed E-state index contributed by atoms with van der Waals surface area (Å²) < 4.78 is 6.49. The van der Waals surface area contributed by atoms with Gasteiger partial charge in [-0.25, -0.2) is 4.79 Å². The number of aromatic nitrogens is 2. The van der Waals surface area contributed by atoms with Crippen molar-refractivity contribution >= 4 is 5.82 Å². The number of nitrogens with zero attached hydrogens (tertiary/aromatic N) is 2. The molecule has 1 aromatic heterocycles. The van der Waals surface area contributed by atoms with Crippen LogP contribution in [0.4, 0.5) is 5.82 Å². The fraction of sp³-hybridized carbons (Fsp3) is 0.400. The molecule has 1 aliphatic rings. The highest BCUT2D eigenvalue weighted by Gasteiger charge is 2.38. The molecule has 0 amide bonds. The highest BCUT2D eigenvalue weighted by molar-refractivity contribution is 5.24. The van der Waals surface area contributed by atoms with Gasteiger partial charge in [0, 0.05) is 11.8 Å². The van der Waals surface area contributed by atoms with Gasteiger partial charge >= 0.3 is 5.69 Å². The predicted octanol–water partition coefficient (Wildman–Crippen LogP) is -1.37. The first kappa shape index (κ1) is 11.8. The summed E-state index contributed by atoms with van der Waals surface area (Å²) in [7, 11) is 0. The number of nitrogen functional groups attached to an aromatic ring is 1. The van der Waals surface area contributed by atoms with Crippen LogP contribution in [0.1, 0.15) is 6.23 Å². The normalized spacial score (nSPS) is 28.6. The maximum absolute atomic E-state index is 11.6. The Balaban J connectivity index is 2.35. The number of anilines is 1. The molecule has 1 aliphatic heterocycles. The lowest BCUT2D eigenvalue weighted by Crippen LogP contribution is -2.28. The number of aliphatic hydroxyl groups is 2. The third-order valence-electron chi connectivity index (χ3n) is 2.64. The Bertz CT molecular complexity index is 499. The lowest BCUT2D eigenvalue weighted by molar-refractivity contribution is -0.0447. The molecular weight excluding hydrogens is 226 g/mol. The van der Waals surface area contributed by atoms with E-state index in [1.807, 2.05) is 0 Å². The third kappa shape index (κ3) is 1.95. The molecule has 0 aliphatic carbocycles. The Morgan fingerprint density at radius 3 is 2.88 bits per heavy atom. The summed E-state index contributed by atoms with van der Waals surface area (Å²) in [6.45, 7) is 3.30. The van der Waals surface area contributed by atoms with Crippen LogP contribution in [0.25, 0.3) is 0 Å². The molecule has 3 atom stereocenters. The molecule has 1 saturated heterocycles. The number of hydrogen-bond acceptors (Lipinski definition) is 6.